The summed E-state index contributed by atoms with van der Waals surface area (Å²) in [4.78, 5) is 26.0. The molecule has 1 aliphatic heterocycles. The number of allylic oxidation sites excluding steroid dienone is 1. The van der Waals surface area contributed by atoms with Gasteiger partial charge in [0.1, 0.15) is 17.2 Å². The van der Waals surface area contributed by atoms with Crippen molar-refractivity contribution in [3.8, 4) is 17.2 Å². The molecule has 42 heavy (non-hydrogen) atoms. The molecule has 0 aromatic heterocycles. The lowest BCUT2D eigenvalue weighted by molar-refractivity contribution is -0.154. The first kappa shape index (κ1) is 29.2. The fourth-order valence-corrected chi connectivity index (χ4v) is 5.46. The van der Waals surface area contributed by atoms with E-state index in [2.05, 4.69) is 6.08 Å². The van der Waals surface area contributed by atoms with E-state index in [0.717, 1.165) is 58.7 Å². The second-order valence-electron chi connectivity index (χ2n) is 10.2. The molecule has 3 aromatic rings. The van der Waals surface area contributed by atoms with E-state index >= 15 is 0 Å². The summed E-state index contributed by atoms with van der Waals surface area (Å²) in [5.74, 6) is 0.956. The Labute approximate surface area is 250 Å². The summed E-state index contributed by atoms with van der Waals surface area (Å²) in [5.41, 5.74) is 4.78. The standard InChI is InChI=1S/C33H33ClN2O6/c1-21-17-27(15-16-29(21)34)41-20-31(38)42-19-30(37)36-33(23-9-13-26(40-3)14-10-23)28-6-4-5-24(32(28)35-36)18-22-7-11-25(39-2)12-8-22/h7-18,28,33H,4-6,19-20H2,1-3H3. The van der Waals surface area contributed by atoms with E-state index in [0.29, 0.717) is 10.8 Å². The van der Waals surface area contributed by atoms with Crippen LogP contribution in [0.1, 0.15) is 42.0 Å². The number of fused-ring (bicyclic) bond motifs is 1. The summed E-state index contributed by atoms with van der Waals surface area (Å²) < 4.78 is 21.5. The van der Waals surface area contributed by atoms with Crippen molar-refractivity contribution in [1.82, 2.24) is 5.01 Å². The van der Waals surface area contributed by atoms with Gasteiger partial charge in [-0.2, -0.15) is 5.10 Å². The smallest absolute Gasteiger partial charge is 0.344 e. The minimum absolute atomic E-state index is 0.00720. The first-order chi connectivity index (χ1) is 20.4. The number of amides is 1. The molecule has 1 fully saturated rings. The number of methoxy groups -OCH3 is 2. The molecule has 8 nitrogen and oxygen atoms in total. The van der Waals surface area contributed by atoms with Crippen LogP contribution in [0.15, 0.2) is 77.4 Å². The Morgan fingerprint density at radius 1 is 0.952 bits per heavy atom. The Morgan fingerprint density at radius 2 is 1.62 bits per heavy atom. The Hall–Kier alpha value is -4.30. The SMILES string of the molecule is COc1ccc(C=C2CCCC3C2=NN(C(=O)COC(=O)COc2ccc(Cl)c(C)c2)C3c2ccc(OC)cc2)cc1. The van der Waals surface area contributed by atoms with Crippen LogP contribution >= 0.6 is 11.6 Å². The van der Waals surface area contributed by atoms with Crippen molar-refractivity contribution in [2.24, 2.45) is 11.0 Å². The summed E-state index contributed by atoms with van der Waals surface area (Å²) in [6, 6.07) is 20.3. The zero-order valence-electron chi connectivity index (χ0n) is 23.8. The number of aryl methyl sites for hydroxylation is 1. The van der Waals surface area contributed by atoms with Crippen molar-refractivity contribution < 1.29 is 28.5 Å². The maximum Gasteiger partial charge on any atom is 0.344 e. The molecule has 3 aromatic carbocycles. The van der Waals surface area contributed by atoms with Crippen LogP contribution in [0.5, 0.6) is 17.2 Å². The molecule has 5 rings (SSSR count). The molecule has 9 heteroatoms. The highest BCUT2D eigenvalue weighted by atomic mass is 35.5. The third kappa shape index (κ3) is 6.60. The lowest BCUT2D eigenvalue weighted by atomic mass is 9.77. The molecule has 1 amide bonds. The quantitative estimate of drug-likeness (QED) is 0.268. The third-order valence-corrected chi connectivity index (χ3v) is 7.94. The van der Waals surface area contributed by atoms with Crippen molar-refractivity contribution in [2.75, 3.05) is 27.4 Å². The predicted molar refractivity (Wildman–Crippen MR) is 161 cm³/mol. The van der Waals surface area contributed by atoms with E-state index < -0.39 is 18.5 Å². The molecule has 1 heterocycles. The Morgan fingerprint density at radius 3 is 2.29 bits per heavy atom. The first-order valence-electron chi connectivity index (χ1n) is 13.8. The topological polar surface area (TPSA) is 86.7 Å². The van der Waals surface area contributed by atoms with Crippen LogP contribution in [-0.2, 0) is 14.3 Å². The normalized spacial score (nSPS) is 18.7. The number of hydrogen-bond acceptors (Lipinski definition) is 7. The fourth-order valence-electron chi connectivity index (χ4n) is 5.34. The van der Waals surface area contributed by atoms with Crippen molar-refractivity contribution in [3.05, 3.63) is 94.0 Å². The van der Waals surface area contributed by atoms with E-state index in [4.69, 9.17) is 35.6 Å². The summed E-state index contributed by atoms with van der Waals surface area (Å²) in [5, 5.41) is 6.94. The highest BCUT2D eigenvalue weighted by molar-refractivity contribution is 6.31. The van der Waals surface area contributed by atoms with Crippen LogP contribution in [-0.4, -0.2) is 50.0 Å². The Balaban J connectivity index is 1.34. The number of benzene rings is 3. The van der Waals surface area contributed by atoms with Crippen molar-refractivity contribution in [2.45, 2.75) is 32.2 Å². The molecule has 1 aliphatic carbocycles. The van der Waals surface area contributed by atoms with Gasteiger partial charge in [-0.25, -0.2) is 9.80 Å². The van der Waals surface area contributed by atoms with Gasteiger partial charge in [-0.1, -0.05) is 35.9 Å². The number of halogens is 1. The highest BCUT2D eigenvalue weighted by Gasteiger charge is 2.43. The van der Waals surface area contributed by atoms with E-state index in [1.807, 2.05) is 55.5 Å². The number of rotatable bonds is 9. The minimum atomic E-state index is -0.652. The number of ether oxygens (including phenoxy) is 4. The van der Waals surface area contributed by atoms with E-state index in [1.54, 1.807) is 32.4 Å². The number of esters is 1. The summed E-state index contributed by atoms with van der Waals surface area (Å²) in [6.45, 7) is 1.07. The van der Waals surface area contributed by atoms with E-state index in [-0.39, 0.29) is 18.6 Å². The molecule has 2 unspecified atom stereocenters. The second kappa shape index (κ2) is 13.1. The summed E-state index contributed by atoms with van der Waals surface area (Å²) >= 11 is 6.05. The highest BCUT2D eigenvalue weighted by Crippen LogP contribution is 2.44. The maximum atomic E-state index is 13.5. The van der Waals surface area contributed by atoms with Gasteiger partial charge < -0.3 is 18.9 Å². The number of nitrogens with zero attached hydrogens (tertiary/aromatic N) is 2. The predicted octanol–water partition coefficient (Wildman–Crippen LogP) is 6.41. The van der Waals surface area contributed by atoms with Gasteiger partial charge in [-0.3, -0.25) is 4.79 Å². The lowest BCUT2D eigenvalue weighted by Crippen LogP contribution is -2.35. The van der Waals surface area contributed by atoms with Crippen LogP contribution in [0.3, 0.4) is 0 Å². The molecule has 0 bridgehead atoms. The molecule has 2 aliphatic rings. The Bertz CT molecular complexity index is 1500. The average Bonchev–Trinajstić information content (AvgIpc) is 3.41. The maximum absolute atomic E-state index is 13.5. The average molecular weight is 589 g/mol. The molecular formula is C33H33ClN2O6. The molecule has 0 radical (unpaired) electrons. The molecule has 218 valence electrons. The largest absolute Gasteiger partial charge is 0.497 e. The van der Waals surface area contributed by atoms with Gasteiger partial charge in [0.25, 0.3) is 5.91 Å². The number of hydrogen-bond donors (Lipinski definition) is 0. The Kier molecular flexibility index (Phi) is 9.12. The molecule has 0 N–H and O–H groups in total. The zero-order chi connectivity index (χ0) is 29.6. The monoisotopic (exact) mass is 588 g/mol. The van der Waals surface area contributed by atoms with E-state index in [1.165, 1.54) is 5.01 Å². The van der Waals surface area contributed by atoms with Gasteiger partial charge in [-0.15, -0.1) is 0 Å². The van der Waals surface area contributed by atoms with Gasteiger partial charge in [0, 0.05) is 10.9 Å². The summed E-state index contributed by atoms with van der Waals surface area (Å²) in [7, 11) is 3.26. The van der Waals surface area contributed by atoms with Crippen molar-refractivity contribution >= 4 is 35.3 Å². The molecule has 2 atom stereocenters. The van der Waals surface area contributed by atoms with Gasteiger partial charge in [-0.05, 0) is 97.0 Å². The van der Waals surface area contributed by atoms with Crippen LogP contribution in [0.2, 0.25) is 5.02 Å². The number of carbonyl (C=O) groups excluding carboxylic acids is 2. The minimum Gasteiger partial charge on any atom is -0.497 e. The van der Waals surface area contributed by atoms with Crippen molar-refractivity contribution in [3.63, 3.8) is 0 Å². The van der Waals surface area contributed by atoms with Crippen LogP contribution in [0.4, 0.5) is 0 Å². The van der Waals surface area contributed by atoms with Crippen LogP contribution in [0.25, 0.3) is 6.08 Å². The molecule has 0 spiro atoms. The molecular weight excluding hydrogens is 556 g/mol. The van der Waals surface area contributed by atoms with Gasteiger partial charge in [0.05, 0.1) is 26.0 Å². The molecule has 0 saturated heterocycles. The zero-order valence-corrected chi connectivity index (χ0v) is 24.6. The fraction of sp³-hybridized carbons (Fsp3) is 0.303. The first-order valence-corrected chi connectivity index (χ1v) is 14.2. The number of hydrazone groups is 1. The van der Waals surface area contributed by atoms with E-state index in [9.17, 15) is 9.59 Å². The van der Waals surface area contributed by atoms with Gasteiger partial charge in [0.2, 0.25) is 0 Å². The third-order valence-electron chi connectivity index (χ3n) is 7.51. The second-order valence-corrected chi connectivity index (χ2v) is 10.7. The lowest BCUT2D eigenvalue weighted by Gasteiger charge is -2.29. The van der Waals surface area contributed by atoms with Crippen molar-refractivity contribution in [1.29, 1.82) is 0 Å². The number of carbonyl (C=O) groups is 2. The van der Waals surface area contributed by atoms with Gasteiger partial charge in [0.15, 0.2) is 13.2 Å². The summed E-state index contributed by atoms with van der Waals surface area (Å²) in [6.07, 6.45) is 4.83. The molecule has 1 saturated carbocycles. The van der Waals surface area contributed by atoms with Crippen LogP contribution in [0, 0.1) is 12.8 Å². The van der Waals surface area contributed by atoms with Crippen LogP contribution < -0.4 is 14.2 Å². The van der Waals surface area contributed by atoms with Gasteiger partial charge >= 0.3 is 5.97 Å².